The van der Waals surface area contributed by atoms with Crippen molar-refractivity contribution >= 4 is 5.91 Å². The van der Waals surface area contributed by atoms with Gasteiger partial charge in [0.2, 0.25) is 5.91 Å². The number of aliphatic hydroxyl groups is 1. The highest BCUT2D eigenvalue weighted by Gasteiger charge is 2.12. The van der Waals surface area contributed by atoms with Crippen molar-refractivity contribution < 1.29 is 9.90 Å². The second-order valence-electron chi connectivity index (χ2n) is 2.34. The van der Waals surface area contributed by atoms with Crippen molar-refractivity contribution in [1.82, 2.24) is 4.90 Å². The predicted octanol–water partition coefficient (Wildman–Crippen LogP) is 0.236. The van der Waals surface area contributed by atoms with Crippen LogP contribution in [0, 0.1) is 0 Å². The molecule has 0 fully saturated rings. The average Bonchev–Trinajstić information content (AvgIpc) is 1.88. The van der Waals surface area contributed by atoms with Crippen LogP contribution in [-0.4, -0.2) is 35.1 Å². The molecule has 0 bridgehead atoms. The van der Waals surface area contributed by atoms with Crippen molar-refractivity contribution in [1.29, 1.82) is 0 Å². The highest BCUT2D eigenvalue weighted by atomic mass is 16.3. The Kier molecular flexibility index (Phi) is 4.03. The molecule has 0 aromatic heterocycles. The highest BCUT2D eigenvalue weighted by molar-refractivity contribution is 5.73. The maximum absolute atomic E-state index is 10.8. The van der Waals surface area contributed by atoms with E-state index >= 15 is 0 Å². The van der Waals surface area contributed by atoms with Crippen LogP contribution in [0.5, 0.6) is 0 Å². The lowest BCUT2D eigenvalue weighted by atomic mass is 10.3. The van der Waals surface area contributed by atoms with E-state index in [0.29, 0.717) is 6.54 Å². The second kappa shape index (κ2) is 4.28. The first kappa shape index (κ1) is 9.43. The molecule has 3 heteroatoms. The zero-order valence-electron chi connectivity index (χ0n) is 6.79. The molecule has 0 rings (SSSR count). The Balaban J connectivity index is 3.92. The number of carbonyl (C=O) groups is 1. The number of carbonyl (C=O) groups excluding carboxylic acids is 1. The largest absolute Gasteiger partial charge is 0.394 e. The molecule has 3 nitrogen and oxygen atoms in total. The van der Waals surface area contributed by atoms with Gasteiger partial charge >= 0.3 is 0 Å². The van der Waals surface area contributed by atoms with Crippen LogP contribution in [0.4, 0.5) is 0 Å². The Morgan fingerprint density at radius 2 is 2.20 bits per heavy atom. The van der Waals surface area contributed by atoms with Gasteiger partial charge in [-0.25, -0.2) is 0 Å². The Labute approximate surface area is 61.6 Å². The van der Waals surface area contributed by atoms with Gasteiger partial charge in [-0.3, -0.25) is 4.79 Å². The van der Waals surface area contributed by atoms with E-state index < -0.39 is 0 Å². The summed E-state index contributed by atoms with van der Waals surface area (Å²) in [6.45, 7) is 5.93. The standard InChI is InChI=1S/C7H15NO2/c1-4-8(7(3)10)6(2)5-9/h6,9H,4-5H2,1-3H3. The van der Waals surface area contributed by atoms with Gasteiger partial charge in [0.15, 0.2) is 0 Å². The molecule has 0 aromatic rings. The molecule has 1 amide bonds. The first-order valence-electron chi connectivity index (χ1n) is 3.51. The summed E-state index contributed by atoms with van der Waals surface area (Å²) in [6, 6.07) is -0.0532. The number of rotatable bonds is 3. The summed E-state index contributed by atoms with van der Waals surface area (Å²) in [5.74, 6) is 0.0176. The van der Waals surface area contributed by atoms with Gasteiger partial charge in [-0.05, 0) is 13.8 Å². The molecule has 60 valence electrons. The molecule has 0 saturated carbocycles. The fourth-order valence-corrected chi connectivity index (χ4v) is 0.943. The SMILES string of the molecule is CCN(C(C)=O)C(C)CO. The topological polar surface area (TPSA) is 40.5 Å². The maximum Gasteiger partial charge on any atom is 0.219 e. The van der Waals surface area contributed by atoms with Crippen LogP contribution in [0.15, 0.2) is 0 Å². The van der Waals surface area contributed by atoms with Crippen molar-refractivity contribution in [2.45, 2.75) is 26.8 Å². The van der Waals surface area contributed by atoms with Crippen LogP contribution in [-0.2, 0) is 4.79 Å². The van der Waals surface area contributed by atoms with E-state index in [1.54, 1.807) is 4.90 Å². The lowest BCUT2D eigenvalue weighted by molar-refractivity contribution is -0.131. The van der Waals surface area contributed by atoms with Gasteiger partial charge < -0.3 is 10.0 Å². The average molecular weight is 145 g/mol. The van der Waals surface area contributed by atoms with Gasteiger partial charge in [0.1, 0.15) is 0 Å². The maximum atomic E-state index is 10.8. The molecule has 0 aliphatic heterocycles. The minimum Gasteiger partial charge on any atom is -0.394 e. The monoisotopic (exact) mass is 145 g/mol. The number of hydrogen-bond acceptors (Lipinski definition) is 2. The number of likely N-dealkylation sites (N-methyl/N-ethyl adjacent to an activating group) is 1. The first-order valence-corrected chi connectivity index (χ1v) is 3.51. The Morgan fingerprint density at radius 3 is 2.30 bits per heavy atom. The molecule has 0 aliphatic rings. The summed E-state index contributed by atoms with van der Waals surface area (Å²) < 4.78 is 0. The van der Waals surface area contributed by atoms with Crippen molar-refractivity contribution in [2.75, 3.05) is 13.2 Å². The smallest absolute Gasteiger partial charge is 0.219 e. The zero-order valence-corrected chi connectivity index (χ0v) is 6.79. The molecule has 1 N–H and O–H groups in total. The highest BCUT2D eigenvalue weighted by Crippen LogP contribution is 1.96. The molecule has 0 aromatic carbocycles. The molecule has 0 radical (unpaired) electrons. The lowest BCUT2D eigenvalue weighted by Gasteiger charge is -2.24. The second-order valence-corrected chi connectivity index (χ2v) is 2.34. The Hall–Kier alpha value is -0.570. The van der Waals surface area contributed by atoms with Crippen LogP contribution in [0.2, 0.25) is 0 Å². The molecule has 0 heterocycles. The van der Waals surface area contributed by atoms with E-state index in [2.05, 4.69) is 0 Å². The summed E-state index contributed by atoms with van der Waals surface area (Å²) in [5, 5.41) is 8.69. The van der Waals surface area contributed by atoms with Crippen LogP contribution in [0.3, 0.4) is 0 Å². The van der Waals surface area contributed by atoms with Gasteiger partial charge in [-0.2, -0.15) is 0 Å². The van der Waals surface area contributed by atoms with Crippen molar-refractivity contribution in [2.24, 2.45) is 0 Å². The molecule has 1 unspecified atom stereocenters. The quantitative estimate of drug-likeness (QED) is 0.617. The summed E-state index contributed by atoms with van der Waals surface area (Å²) in [6.07, 6.45) is 0. The summed E-state index contributed by atoms with van der Waals surface area (Å²) in [5.41, 5.74) is 0. The van der Waals surface area contributed by atoms with Crippen LogP contribution >= 0.6 is 0 Å². The number of aliphatic hydroxyl groups excluding tert-OH is 1. The first-order chi connectivity index (χ1) is 4.63. The van der Waals surface area contributed by atoms with Gasteiger partial charge in [-0.15, -0.1) is 0 Å². The van der Waals surface area contributed by atoms with Crippen LogP contribution < -0.4 is 0 Å². The van der Waals surface area contributed by atoms with E-state index in [0.717, 1.165) is 0 Å². The van der Waals surface area contributed by atoms with Crippen molar-refractivity contribution in [3.05, 3.63) is 0 Å². The third-order valence-corrected chi connectivity index (χ3v) is 1.54. The third kappa shape index (κ3) is 2.35. The predicted molar refractivity (Wildman–Crippen MR) is 39.6 cm³/mol. The molecule has 0 spiro atoms. The number of nitrogens with zero attached hydrogens (tertiary/aromatic N) is 1. The summed E-state index contributed by atoms with van der Waals surface area (Å²) in [7, 11) is 0. The van der Waals surface area contributed by atoms with Crippen molar-refractivity contribution in [3.8, 4) is 0 Å². The third-order valence-electron chi connectivity index (χ3n) is 1.54. The molecule has 0 saturated heterocycles. The Morgan fingerprint density at radius 1 is 1.70 bits per heavy atom. The molecule has 1 atom stereocenters. The fourth-order valence-electron chi connectivity index (χ4n) is 0.943. The van der Waals surface area contributed by atoms with Gasteiger partial charge in [0, 0.05) is 13.5 Å². The van der Waals surface area contributed by atoms with Crippen LogP contribution in [0.25, 0.3) is 0 Å². The zero-order chi connectivity index (χ0) is 8.15. The van der Waals surface area contributed by atoms with E-state index in [-0.39, 0.29) is 18.6 Å². The minimum atomic E-state index is -0.0532. The van der Waals surface area contributed by atoms with E-state index in [4.69, 9.17) is 5.11 Å². The van der Waals surface area contributed by atoms with Gasteiger partial charge in [0.25, 0.3) is 0 Å². The summed E-state index contributed by atoms with van der Waals surface area (Å²) >= 11 is 0. The van der Waals surface area contributed by atoms with Crippen LogP contribution in [0.1, 0.15) is 20.8 Å². The van der Waals surface area contributed by atoms with Gasteiger partial charge in [-0.1, -0.05) is 0 Å². The van der Waals surface area contributed by atoms with E-state index in [1.165, 1.54) is 6.92 Å². The number of amides is 1. The molecule has 0 aliphatic carbocycles. The molecular weight excluding hydrogens is 130 g/mol. The lowest BCUT2D eigenvalue weighted by Crippen LogP contribution is -2.38. The van der Waals surface area contributed by atoms with Gasteiger partial charge in [0.05, 0.1) is 12.6 Å². The van der Waals surface area contributed by atoms with Crippen molar-refractivity contribution in [3.63, 3.8) is 0 Å². The molecule has 10 heavy (non-hydrogen) atoms. The number of hydrogen-bond donors (Lipinski definition) is 1. The fraction of sp³-hybridized carbons (Fsp3) is 0.857. The van der Waals surface area contributed by atoms with E-state index in [9.17, 15) is 4.79 Å². The molecular formula is C7H15NO2. The Bertz CT molecular complexity index is 114. The van der Waals surface area contributed by atoms with E-state index in [1.807, 2.05) is 13.8 Å². The normalized spacial score (nSPS) is 12.8. The summed E-state index contributed by atoms with van der Waals surface area (Å²) in [4.78, 5) is 12.4. The minimum absolute atomic E-state index is 0.0176.